The highest BCUT2D eigenvalue weighted by Crippen LogP contribution is 2.05. The standard InChI is InChI=1S/C10H22N2O2/c1-3-9(7-11)6-10(14)12-5-4-8(2)13/h8-9,13H,3-7,11H2,1-2H3,(H,12,14). The van der Waals surface area contributed by atoms with E-state index in [9.17, 15) is 4.79 Å². The second-order valence-corrected chi connectivity index (χ2v) is 3.70. The average Bonchev–Trinajstić information content (AvgIpc) is 2.13. The molecule has 0 rings (SSSR count). The molecule has 4 heteroatoms. The Balaban J connectivity index is 3.54. The molecule has 14 heavy (non-hydrogen) atoms. The highest BCUT2D eigenvalue weighted by atomic mass is 16.3. The quantitative estimate of drug-likeness (QED) is 0.554. The molecular formula is C10H22N2O2. The number of rotatable bonds is 7. The zero-order chi connectivity index (χ0) is 11.0. The molecule has 0 spiro atoms. The van der Waals surface area contributed by atoms with Crippen LogP contribution in [-0.2, 0) is 4.79 Å². The maximum absolute atomic E-state index is 11.3. The molecular weight excluding hydrogens is 180 g/mol. The minimum Gasteiger partial charge on any atom is -0.393 e. The van der Waals surface area contributed by atoms with E-state index in [1.165, 1.54) is 0 Å². The SMILES string of the molecule is CCC(CN)CC(=O)NCCC(C)O. The van der Waals surface area contributed by atoms with E-state index in [0.29, 0.717) is 25.9 Å². The van der Waals surface area contributed by atoms with Gasteiger partial charge in [-0.05, 0) is 25.8 Å². The van der Waals surface area contributed by atoms with Gasteiger partial charge < -0.3 is 16.2 Å². The maximum atomic E-state index is 11.3. The fourth-order valence-electron chi connectivity index (χ4n) is 1.15. The van der Waals surface area contributed by atoms with Crippen molar-refractivity contribution in [1.82, 2.24) is 5.32 Å². The first-order valence-corrected chi connectivity index (χ1v) is 5.25. The monoisotopic (exact) mass is 202 g/mol. The topological polar surface area (TPSA) is 75.4 Å². The number of aliphatic hydroxyl groups excluding tert-OH is 1. The summed E-state index contributed by atoms with van der Waals surface area (Å²) in [6.07, 6.45) is 1.67. The molecule has 0 bridgehead atoms. The molecule has 0 fully saturated rings. The van der Waals surface area contributed by atoms with Crippen molar-refractivity contribution < 1.29 is 9.90 Å². The zero-order valence-electron chi connectivity index (χ0n) is 9.12. The largest absolute Gasteiger partial charge is 0.393 e. The van der Waals surface area contributed by atoms with Gasteiger partial charge >= 0.3 is 0 Å². The maximum Gasteiger partial charge on any atom is 0.220 e. The molecule has 0 radical (unpaired) electrons. The Bertz CT molecular complexity index is 156. The number of nitrogens with two attached hydrogens (primary N) is 1. The van der Waals surface area contributed by atoms with Crippen molar-refractivity contribution in [2.24, 2.45) is 11.7 Å². The summed E-state index contributed by atoms with van der Waals surface area (Å²) in [6.45, 7) is 4.83. The van der Waals surface area contributed by atoms with Crippen LogP contribution in [0.5, 0.6) is 0 Å². The molecule has 0 aromatic rings. The Kier molecular flexibility index (Phi) is 7.42. The zero-order valence-corrected chi connectivity index (χ0v) is 9.12. The van der Waals surface area contributed by atoms with Crippen molar-refractivity contribution in [3.63, 3.8) is 0 Å². The first-order valence-electron chi connectivity index (χ1n) is 5.25. The molecule has 0 saturated heterocycles. The van der Waals surface area contributed by atoms with E-state index < -0.39 is 0 Å². The third-order valence-electron chi connectivity index (χ3n) is 2.27. The van der Waals surface area contributed by atoms with Crippen LogP contribution >= 0.6 is 0 Å². The van der Waals surface area contributed by atoms with Crippen LogP contribution in [0, 0.1) is 5.92 Å². The molecule has 0 aromatic carbocycles. The summed E-state index contributed by atoms with van der Waals surface area (Å²) < 4.78 is 0. The lowest BCUT2D eigenvalue weighted by atomic mass is 10.0. The molecule has 4 nitrogen and oxygen atoms in total. The van der Waals surface area contributed by atoms with Crippen LogP contribution in [0.25, 0.3) is 0 Å². The minimum absolute atomic E-state index is 0.0305. The minimum atomic E-state index is -0.355. The first kappa shape index (κ1) is 13.4. The molecule has 0 heterocycles. The molecule has 2 atom stereocenters. The Hall–Kier alpha value is -0.610. The van der Waals surface area contributed by atoms with E-state index in [2.05, 4.69) is 5.32 Å². The second-order valence-electron chi connectivity index (χ2n) is 3.70. The lowest BCUT2D eigenvalue weighted by Gasteiger charge is -2.12. The third-order valence-corrected chi connectivity index (χ3v) is 2.27. The third kappa shape index (κ3) is 6.86. The van der Waals surface area contributed by atoms with Gasteiger partial charge in [0.1, 0.15) is 0 Å². The number of aliphatic hydroxyl groups is 1. The van der Waals surface area contributed by atoms with Gasteiger partial charge in [-0.25, -0.2) is 0 Å². The van der Waals surface area contributed by atoms with E-state index in [0.717, 1.165) is 6.42 Å². The van der Waals surface area contributed by atoms with Crippen molar-refractivity contribution in [3.8, 4) is 0 Å². The molecule has 4 N–H and O–H groups in total. The normalized spacial score (nSPS) is 14.9. The molecule has 0 aliphatic heterocycles. The van der Waals surface area contributed by atoms with Crippen LogP contribution in [0.4, 0.5) is 0 Å². The number of carbonyl (C=O) groups is 1. The van der Waals surface area contributed by atoms with Crippen molar-refractivity contribution in [2.75, 3.05) is 13.1 Å². The van der Waals surface area contributed by atoms with Crippen molar-refractivity contribution in [1.29, 1.82) is 0 Å². The number of hydrogen-bond donors (Lipinski definition) is 3. The molecule has 0 aromatic heterocycles. The lowest BCUT2D eigenvalue weighted by molar-refractivity contribution is -0.122. The summed E-state index contributed by atoms with van der Waals surface area (Å²) in [4.78, 5) is 11.3. The molecule has 2 unspecified atom stereocenters. The summed E-state index contributed by atoms with van der Waals surface area (Å²) in [5.41, 5.74) is 5.49. The van der Waals surface area contributed by atoms with Gasteiger partial charge in [-0.3, -0.25) is 4.79 Å². The van der Waals surface area contributed by atoms with Gasteiger partial charge in [0.25, 0.3) is 0 Å². The average molecular weight is 202 g/mol. The van der Waals surface area contributed by atoms with Gasteiger partial charge in [-0.15, -0.1) is 0 Å². The highest BCUT2D eigenvalue weighted by molar-refractivity contribution is 5.76. The Morgan fingerprint density at radius 1 is 1.57 bits per heavy atom. The van der Waals surface area contributed by atoms with Crippen molar-refractivity contribution in [2.45, 2.75) is 39.2 Å². The molecule has 84 valence electrons. The smallest absolute Gasteiger partial charge is 0.220 e. The van der Waals surface area contributed by atoms with Gasteiger partial charge in [-0.2, -0.15) is 0 Å². The van der Waals surface area contributed by atoms with Gasteiger partial charge in [0.2, 0.25) is 5.91 Å². The lowest BCUT2D eigenvalue weighted by Crippen LogP contribution is -2.29. The van der Waals surface area contributed by atoms with Crippen molar-refractivity contribution >= 4 is 5.91 Å². The number of carbonyl (C=O) groups excluding carboxylic acids is 1. The van der Waals surface area contributed by atoms with Crippen LogP contribution in [-0.4, -0.2) is 30.2 Å². The van der Waals surface area contributed by atoms with E-state index in [-0.39, 0.29) is 17.9 Å². The molecule has 0 aliphatic carbocycles. The molecule has 1 amide bonds. The van der Waals surface area contributed by atoms with Crippen LogP contribution in [0.3, 0.4) is 0 Å². The summed E-state index contributed by atoms with van der Waals surface area (Å²) in [5.74, 6) is 0.310. The molecule has 0 saturated carbocycles. The van der Waals surface area contributed by atoms with Crippen LogP contribution in [0.2, 0.25) is 0 Å². The van der Waals surface area contributed by atoms with Gasteiger partial charge in [0.15, 0.2) is 0 Å². The van der Waals surface area contributed by atoms with E-state index in [4.69, 9.17) is 10.8 Å². The summed E-state index contributed by atoms with van der Waals surface area (Å²) in [7, 11) is 0. The van der Waals surface area contributed by atoms with Gasteiger partial charge in [0, 0.05) is 13.0 Å². The Morgan fingerprint density at radius 3 is 2.64 bits per heavy atom. The first-order chi connectivity index (χ1) is 6.60. The van der Waals surface area contributed by atoms with E-state index in [1.807, 2.05) is 6.92 Å². The number of hydrogen-bond acceptors (Lipinski definition) is 3. The van der Waals surface area contributed by atoms with E-state index in [1.54, 1.807) is 6.92 Å². The fraction of sp³-hybridized carbons (Fsp3) is 0.900. The van der Waals surface area contributed by atoms with E-state index >= 15 is 0 Å². The van der Waals surface area contributed by atoms with Crippen molar-refractivity contribution in [3.05, 3.63) is 0 Å². The summed E-state index contributed by atoms with van der Waals surface area (Å²) in [5, 5.41) is 11.7. The Morgan fingerprint density at radius 2 is 2.21 bits per heavy atom. The van der Waals surface area contributed by atoms with Gasteiger partial charge in [0.05, 0.1) is 6.10 Å². The summed E-state index contributed by atoms with van der Waals surface area (Å²) >= 11 is 0. The number of nitrogens with one attached hydrogen (secondary N) is 1. The predicted octanol–water partition coefficient (Wildman–Crippen LogP) is 0.249. The fourth-order valence-corrected chi connectivity index (χ4v) is 1.15. The number of amides is 1. The van der Waals surface area contributed by atoms with Crippen LogP contribution in [0.15, 0.2) is 0 Å². The highest BCUT2D eigenvalue weighted by Gasteiger charge is 2.09. The summed E-state index contributed by atoms with van der Waals surface area (Å²) in [6, 6.07) is 0. The van der Waals surface area contributed by atoms with Gasteiger partial charge in [-0.1, -0.05) is 13.3 Å². The predicted molar refractivity (Wildman–Crippen MR) is 56.8 cm³/mol. The Labute approximate surface area is 85.9 Å². The van der Waals surface area contributed by atoms with Crippen LogP contribution in [0.1, 0.15) is 33.1 Å². The molecule has 0 aliphatic rings. The second kappa shape index (κ2) is 7.76. The van der Waals surface area contributed by atoms with Crippen LogP contribution < -0.4 is 11.1 Å².